The van der Waals surface area contributed by atoms with Gasteiger partial charge in [0.15, 0.2) is 0 Å². The summed E-state index contributed by atoms with van der Waals surface area (Å²) in [7, 11) is 0. The number of carbonyl (C=O) groups excluding carboxylic acids is 1. The fourth-order valence-electron chi connectivity index (χ4n) is 2.18. The minimum atomic E-state index is -0.000139. The fourth-order valence-corrected chi connectivity index (χ4v) is 2.18. The first-order valence-electron chi connectivity index (χ1n) is 5.99. The van der Waals surface area contributed by atoms with Crippen molar-refractivity contribution in [3.8, 4) is 5.75 Å². The predicted molar refractivity (Wildman–Crippen MR) is 66.9 cm³/mol. The van der Waals surface area contributed by atoms with Gasteiger partial charge in [0.2, 0.25) is 5.91 Å². The zero-order valence-electron chi connectivity index (χ0n) is 9.94. The van der Waals surface area contributed by atoms with E-state index in [1.165, 1.54) is 0 Å². The average molecular weight is 234 g/mol. The van der Waals surface area contributed by atoms with Gasteiger partial charge in [0.1, 0.15) is 5.75 Å². The molecule has 0 bridgehead atoms. The quantitative estimate of drug-likeness (QED) is 0.683. The summed E-state index contributed by atoms with van der Waals surface area (Å²) in [6, 6.07) is 7.18. The van der Waals surface area contributed by atoms with Crippen LogP contribution in [0.3, 0.4) is 0 Å². The highest BCUT2D eigenvalue weighted by molar-refractivity contribution is 5.93. The van der Waals surface area contributed by atoms with Gasteiger partial charge in [0, 0.05) is 12.0 Å². The topological polar surface area (TPSA) is 61.4 Å². The number of phenolic OH excluding ortho intramolecular Hbond substituents is 1. The summed E-state index contributed by atoms with van der Waals surface area (Å²) < 4.78 is 0. The van der Waals surface area contributed by atoms with Crippen LogP contribution in [0.2, 0.25) is 0 Å². The molecule has 1 heterocycles. The Hall–Kier alpha value is -1.55. The van der Waals surface area contributed by atoms with E-state index in [0.717, 1.165) is 19.4 Å². The van der Waals surface area contributed by atoms with Crippen LogP contribution in [0.4, 0.5) is 5.69 Å². The summed E-state index contributed by atoms with van der Waals surface area (Å²) in [5.41, 5.74) is 0.490. The van der Waals surface area contributed by atoms with E-state index in [9.17, 15) is 9.90 Å². The number of benzene rings is 1. The molecule has 1 aromatic rings. The van der Waals surface area contributed by atoms with Crippen molar-refractivity contribution in [1.29, 1.82) is 0 Å². The molecule has 1 aliphatic heterocycles. The lowest BCUT2D eigenvalue weighted by Crippen LogP contribution is -2.40. The molecule has 0 unspecified atom stereocenters. The van der Waals surface area contributed by atoms with Crippen LogP contribution in [0.1, 0.15) is 19.8 Å². The standard InChI is InChI=1S/C13H18N2O2/c1-9-8-10(6-7-14-9)13(17)15-11-4-2-3-5-12(11)16/h2-5,9-10,14,16H,6-8H2,1H3,(H,15,17)/t9-,10-/m0/s1. The van der Waals surface area contributed by atoms with E-state index in [1.807, 2.05) is 0 Å². The molecule has 1 fully saturated rings. The molecular formula is C13H18N2O2. The summed E-state index contributed by atoms with van der Waals surface area (Å²) in [4.78, 5) is 12.0. The lowest BCUT2D eigenvalue weighted by molar-refractivity contribution is -0.120. The molecule has 1 aromatic carbocycles. The zero-order chi connectivity index (χ0) is 12.3. The largest absolute Gasteiger partial charge is 0.506 e. The third kappa shape index (κ3) is 2.97. The van der Waals surface area contributed by atoms with E-state index in [0.29, 0.717) is 11.7 Å². The summed E-state index contributed by atoms with van der Waals surface area (Å²) in [5.74, 6) is 0.147. The normalized spacial score (nSPS) is 24.3. The van der Waals surface area contributed by atoms with Crippen LogP contribution in [-0.2, 0) is 4.79 Å². The van der Waals surface area contributed by atoms with Crippen LogP contribution in [-0.4, -0.2) is 23.6 Å². The summed E-state index contributed by atoms with van der Waals surface area (Å²) in [6.07, 6.45) is 1.70. The Balaban J connectivity index is 1.99. The summed E-state index contributed by atoms with van der Waals surface area (Å²) in [6.45, 7) is 2.96. The molecule has 3 N–H and O–H groups in total. The molecule has 1 saturated heterocycles. The van der Waals surface area contributed by atoms with Crippen molar-refractivity contribution in [2.24, 2.45) is 5.92 Å². The number of anilines is 1. The Morgan fingerprint density at radius 3 is 2.94 bits per heavy atom. The minimum Gasteiger partial charge on any atom is -0.506 e. The summed E-state index contributed by atoms with van der Waals surface area (Å²) in [5, 5.41) is 15.7. The third-order valence-corrected chi connectivity index (χ3v) is 3.16. The number of hydrogen-bond donors (Lipinski definition) is 3. The van der Waals surface area contributed by atoms with Crippen LogP contribution in [0.15, 0.2) is 24.3 Å². The number of rotatable bonds is 2. The van der Waals surface area contributed by atoms with Crippen LogP contribution in [0.5, 0.6) is 5.75 Å². The molecule has 92 valence electrons. The van der Waals surface area contributed by atoms with Crippen molar-refractivity contribution in [2.75, 3.05) is 11.9 Å². The molecule has 1 amide bonds. The van der Waals surface area contributed by atoms with Gasteiger partial charge in [0.25, 0.3) is 0 Å². The SMILES string of the molecule is C[C@H]1C[C@@H](C(=O)Nc2ccccc2O)CCN1. The summed E-state index contributed by atoms with van der Waals surface area (Å²) >= 11 is 0. The molecule has 0 radical (unpaired) electrons. The Morgan fingerprint density at radius 1 is 1.47 bits per heavy atom. The number of hydrogen-bond acceptors (Lipinski definition) is 3. The second kappa shape index (κ2) is 5.19. The number of nitrogens with one attached hydrogen (secondary N) is 2. The van der Waals surface area contributed by atoms with Crippen LogP contribution < -0.4 is 10.6 Å². The van der Waals surface area contributed by atoms with Gasteiger partial charge in [-0.15, -0.1) is 0 Å². The molecule has 17 heavy (non-hydrogen) atoms. The second-order valence-corrected chi connectivity index (χ2v) is 4.58. The monoisotopic (exact) mass is 234 g/mol. The fraction of sp³-hybridized carbons (Fsp3) is 0.462. The van der Waals surface area contributed by atoms with Crippen molar-refractivity contribution in [1.82, 2.24) is 5.32 Å². The van der Waals surface area contributed by atoms with Gasteiger partial charge >= 0.3 is 0 Å². The molecule has 4 heteroatoms. The van der Waals surface area contributed by atoms with Crippen LogP contribution in [0.25, 0.3) is 0 Å². The molecule has 0 spiro atoms. The Bertz CT molecular complexity index is 406. The predicted octanol–water partition coefficient (Wildman–Crippen LogP) is 1.72. The molecule has 0 saturated carbocycles. The van der Waals surface area contributed by atoms with Gasteiger partial charge in [0.05, 0.1) is 5.69 Å². The number of carbonyl (C=O) groups is 1. The molecule has 2 rings (SSSR count). The maximum atomic E-state index is 12.0. The van der Waals surface area contributed by atoms with Crippen molar-refractivity contribution >= 4 is 11.6 Å². The zero-order valence-corrected chi connectivity index (χ0v) is 9.94. The number of piperidine rings is 1. The molecular weight excluding hydrogens is 216 g/mol. The van der Waals surface area contributed by atoms with Crippen molar-refractivity contribution in [3.05, 3.63) is 24.3 Å². The van der Waals surface area contributed by atoms with Crippen molar-refractivity contribution in [3.63, 3.8) is 0 Å². The maximum absolute atomic E-state index is 12.0. The van der Waals surface area contributed by atoms with Crippen LogP contribution in [0, 0.1) is 5.92 Å². The van der Waals surface area contributed by atoms with Gasteiger partial charge in [-0.3, -0.25) is 4.79 Å². The molecule has 4 nitrogen and oxygen atoms in total. The van der Waals surface area contributed by atoms with E-state index in [2.05, 4.69) is 17.6 Å². The first kappa shape index (κ1) is 11.9. The van der Waals surface area contributed by atoms with Crippen LogP contribution >= 0.6 is 0 Å². The number of aromatic hydroxyl groups is 1. The Labute approximate surface area is 101 Å². The third-order valence-electron chi connectivity index (χ3n) is 3.16. The van der Waals surface area contributed by atoms with Gasteiger partial charge in [-0.1, -0.05) is 12.1 Å². The maximum Gasteiger partial charge on any atom is 0.227 e. The van der Waals surface area contributed by atoms with Gasteiger partial charge in [-0.2, -0.15) is 0 Å². The smallest absolute Gasteiger partial charge is 0.227 e. The highest BCUT2D eigenvalue weighted by Gasteiger charge is 2.24. The van der Waals surface area contributed by atoms with Gasteiger partial charge < -0.3 is 15.7 Å². The van der Waals surface area contributed by atoms with Gasteiger partial charge in [-0.05, 0) is 38.4 Å². The first-order chi connectivity index (χ1) is 8.16. The van der Waals surface area contributed by atoms with E-state index in [1.54, 1.807) is 24.3 Å². The van der Waals surface area contributed by atoms with Crippen molar-refractivity contribution < 1.29 is 9.90 Å². The highest BCUT2D eigenvalue weighted by Crippen LogP contribution is 2.24. The lowest BCUT2D eigenvalue weighted by Gasteiger charge is -2.27. The lowest BCUT2D eigenvalue weighted by atomic mass is 9.92. The number of phenols is 1. The number of amides is 1. The Morgan fingerprint density at radius 2 is 2.24 bits per heavy atom. The second-order valence-electron chi connectivity index (χ2n) is 4.58. The van der Waals surface area contributed by atoms with Crippen molar-refractivity contribution in [2.45, 2.75) is 25.8 Å². The minimum absolute atomic E-state index is 0.000139. The first-order valence-corrected chi connectivity index (χ1v) is 5.99. The molecule has 0 aromatic heterocycles. The molecule has 1 aliphatic rings. The van der Waals surface area contributed by atoms with E-state index in [4.69, 9.17) is 0 Å². The number of para-hydroxylation sites is 2. The Kier molecular flexibility index (Phi) is 3.64. The van der Waals surface area contributed by atoms with Gasteiger partial charge in [-0.25, -0.2) is 0 Å². The van der Waals surface area contributed by atoms with E-state index in [-0.39, 0.29) is 17.6 Å². The van der Waals surface area contributed by atoms with E-state index >= 15 is 0 Å². The van der Waals surface area contributed by atoms with E-state index < -0.39 is 0 Å². The highest BCUT2D eigenvalue weighted by atomic mass is 16.3. The molecule has 2 atom stereocenters. The average Bonchev–Trinajstić information content (AvgIpc) is 2.32. The molecule has 0 aliphatic carbocycles.